The van der Waals surface area contributed by atoms with Crippen LogP contribution in [0.15, 0.2) is 0 Å². The molecule has 2 unspecified atom stereocenters. The minimum Gasteiger partial charge on any atom is -0.481 e. The number of carbonyl (C=O) groups is 2. The first kappa shape index (κ1) is 30.2. The molecule has 0 saturated carbocycles. The van der Waals surface area contributed by atoms with E-state index in [4.69, 9.17) is 10.2 Å². The fraction of sp³-hybridized carbons (Fsp3) is 0.840. The van der Waals surface area contributed by atoms with E-state index in [9.17, 15) is 9.59 Å². The lowest BCUT2D eigenvalue weighted by Crippen LogP contribution is -2.10. The highest BCUT2D eigenvalue weighted by molar-refractivity contribution is 8.17. The quantitative estimate of drug-likeness (QED) is 0.108. The van der Waals surface area contributed by atoms with Crippen LogP contribution in [0.2, 0.25) is 0 Å². The Labute approximate surface area is 199 Å². The molecule has 180 valence electrons. The Morgan fingerprint density at radius 3 is 1.58 bits per heavy atom. The maximum Gasteiger partial charge on any atom is 0.303 e. The van der Waals surface area contributed by atoms with Crippen molar-refractivity contribution in [2.75, 3.05) is 0 Å². The van der Waals surface area contributed by atoms with E-state index < -0.39 is 11.9 Å². The van der Waals surface area contributed by atoms with Gasteiger partial charge in [-0.2, -0.15) is 0 Å². The van der Waals surface area contributed by atoms with E-state index in [0.717, 1.165) is 12.8 Å². The van der Waals surface area contributed by atoms with Gasteiger partial charge in [-0.25, -0.2) is 0 Å². The maximum atomic E-state index is 10.8. The lowest BCUT2D eigenvalue weighted by atomic mass is 10.1. The third-order valence-electron chi connectivity index (χ3n) is 5.12. The van der Waals surface area contributed by atoms with Crippen LogP contribution in [0.25, 0.3) is 0 Å². The Morgan fingerprint density at radius 1 is 0.742 bits per heavy atom. The van der Waals surface area contributed by atoms with Crippen LogP contribution in [0.1, 0.15) is 117 Å². The third kappa shape index (κ3) is 22.2. The Morgan fingerprint density at radius 2 is 1.16 bits per heavy atom. The molecule has 0 aliphatic rings. The van der Waals surface area contributed by atoms with Crippen LogP contribution >= 0.6 is 23.5 Å². The largest absolute Gasteiger partial charge is 0.481 e. The Bertz CT molecular complexity index is 501. The van der Waals surface area contributed by atoms with Gasteiger partial charge in [0.2, 0.25) is 0 Å². The molecule has 0 aromatic carbocycles. The van der Waals surface area contributed by atoms with E-state index >= 15 is 0 Å². The van der Waals surface area contributed by atoms with Crippen molar-refractivity contribution >= 4 is 35.5 Å². The second-order valence-corrected chi connectivity index (χ2v) is 11.7. The van der Waals surface area contributed by atoms with Crippen LogP contribution in [0.4, 0.5) is 0 Å². The average Bonchev–Trinajstić information content (AvgIpc) is 2.71. The van der Waals surface area contributed by atoms with Gasteiger partial charge in [-0.15, -0.1) is 29.4 Å². The van der Waals surface area contributed by atoms with Gasteiger partial charge in [0.15, 0.2) is 0 Å². The van der Waals surface area contributed by atoms with Crippen molar-refractivity contribution in [3.63, 3.8) is 0 Å². The van der Waals surface area contributed by atoms with E-state index in [1.165, 1.54) is 57.8 Å². The number of aliphatic carboxylic acids is 2. The van der Waals surface area contributed by atoms with E-state index in [0.29, 0.717) is 12.8 Å². The average molecular weight is 473 g/mol. The number of carboxylic acid groups (broad SMARTS) is 2. The predicted octanol–water partition coefficient (Wildman–Crippen LogP) is 7.60. The van der Waals surface area contributed by atoms with Crippen LogP contribution in [0, 0.1) is 11.8 Å². The summed E-state index contributed by atoms with van der Waals surface area (Å²) in [5.74, 6) is 5.17. The van der Waals surface area contributed by atoms with Gasteiger partial charge in [-0.05, 0) is 19.3 Å². The summed E-state index contributed by atoms with van der Waals surface area (Å²) in [4.78, 5) is 21.6. The van der Waals surface area contributed by atoms with Crippen LogP contribution in [-0.2, 0) is 9.59 Å². The second-order valence-electron chi connectivity index (χ2n) is 8.34. The topological polar surface area (TPSA) is 74.6 Å². The molecule has 0 heterocycles. The molecule has 0 radical (unpaired) electrons. The first-order chi connectivity index (χ1) is 14.8. The minimum absolute atomic E-state index is 0.0655. The summed E-state index contributed by atoms with van der Waals surface area (Å²) in [5, 5.41) is 18.2. The van der Waals surface area contributed by atoms with E-state index in [1.807, 2.05) is 13.8 Å². The molecule has 0 rings (SSSR count). The van der Waals surface area contributed by atoms with E-state index in [-0.39, 0.29) is 27.9 Å². The number of rotatable bonds is 20. The summed E-state index contributed by atoms with van der Waals surface area (Å²) in [7, 11) is 0. The molecule has 0 aliphatic carbocycles. The third-order valence-corrected chi connectivity index (χ3v) is 7.91. The van der Waals surface area contributed by atoms with Gasteiger partial charge in [0.1, 0.15) is 4.58 Å². The molecule has 2 atom stereocenters. The van der Waals surface area contributed by atoms with Crippen LogP contribution in [0.3, 0.4) is 0 Å². The number of carboxylic acids is 2. The Hall–Kier alpha value is -0.800. The molecule has 0 aromatic rings. The van der Waals surface area contributed by atoms with Crippen molar-refractivity contribution in [3.8, 4) is 11.8 Å². The Kier molecular flexibility index (Phi) is 20.5. The number of thioether (sulfide) groups is 2. The van der Waals surface area contributed by atoms with Crippen molar-refractivity contribution < 1.29 is 19.8 Å². The predicted molar refractivity (Wildman–Crippen MR) is 136 cm³/mol. The first-order valence-corrected chi connectivity index (χ1v) is 14.0. The van der Waals surface area contributed by atoms with Crippen molar-refractivity contribution in [3.05, 3.63) is 0 Å². The highest BCUT2D eigenvalue weighted by Crippen LogP contribution is 2.33. The molecule has 0 bridgehead atoms. The highest BCUT2D eigenvalue weighted by atomic mass is 32.2. The van der Waals surface area contributed by atoms with E-state index in [1.54, 1.807) is 23.5 Å². The molecular weight excluding hydrogens is 428 g/mol. The molecule has 0 saturated heterocycles. The Balaban J connectivity index is 4.23. The zero-order valence-electron chi connectivity index (χ0n) is 19.9. The molecule has 2 N–H and O–H groups in total. The molecule has 31 heavy (non-hydrogen) atoms. The summed E-state index contributed by atoms with van der Waals surface area (Å²) < 4.78 is 0.0655. The lowest BCUT2D eigenvalue weighted by Gasteiger charge is -2.19. The number of unbranched alkanes of at least 4 members (excludes halogenated alkanes) is 10. The highest BCUT2D eigenvalue weighted by Gasteiger charge is 2.17. The van der Waals surface area contributed by atoms with E-state index in [2.05, 4.69) is 18.8 Å². The fourth-order valence-corrected chi connectivity index (χ4v) is 6.22. The lowest BCUT2D eigenvalue weighted by molar-refractivity contribution is -0.138. The van der Waals surface area contributed by atoms with Crippen molar-refractivity contribution in [1.29, 1.82) is 0 Å². The van der Waals surface area contributed by atoms with Crippen LogP contribution in [-0.4, -0.2) is 37.2 Å². The van der Waals surface area contributed by atoms with Gasteiger partial charge in [-0.3, -0.25) is 9.59 Å². The van der Waals surface area contributed by atoms with Gasteiger partial charge in [0.05, 0.1) is 0 Å². The summed E-state index contributed by atoms with van der Waals surface area (Å²) in [6.45, 7) is 6.35. The maximum absolute atomic E-state index is 10.8. The van der Waals surface area contributed by atoms with Gasteiger partial charge >= 0.3 is 11.9 Å². The first-order valence-electron chi connectivity index (χ1n) is 12.1. The normalized spacial score (nSPS) is 13.8. The summed E-state index contributed by atoms with van der Waals surface area (Å²) in [6.07, 6.45) is 15.7. The van der Waals surface area contributed by atoms with Gasteiger partial charge in [-0.1, -0.05) is 84.5 Å². The zero-order chi connectivity index (χ0) is 23.3. The molecule has 6 heteroatoms. The molecule has 0 spiro atoms. The summed E-state index contributed by atoms with van der Waals surface area (Å²) in [6, 6.07) is 0. The second kappa shape index (κ2) is 21.1. The number of hydrogen-bond donors (Lipinski definition) is 2. The van der Waals surface area contributed by atoms with Crippen molar-refractivity contribution in [2.24, 2.45) is 0 Å². The number of hydrogen-bond acceptors (Lipinski definition) is 4. The molecule has 4 nitrogen and oxygen atoms in total. The van der Waals surface area contributed by atoms with Crippen molar-refractivity contribution in [2.45, 2.75) is 132 Å². The molecule has 0 amide bonds. The summed E-state index contributed by atoms with van der Waals surface area (Å²) >= 11 is 3.42. The van der Waals surface area contributed by atoms with Crippen molar-refractivity contribution in [1.82, 2.24) is 0 Å². The van der Waals surface area contributed by atoms with Gasteiger partial charge in [0.25, 0.3) is 0 Å². The smallest absolute Gasteiger partial charge is 0.303 e. The SMILES string of the molecule is CCCCCCCCCCCCC#CC(SC(C)CCC(=O)O)SC(C)CCC(=O)O. The standard InChI is InChI=1S/C25H44O4S2/c1-4-5-6-7-8-9-10-11-12-13-14-15-16-25(30-21(2)17-19-23(26)27)31-22(3)18-20-24(28)29/h21-22,25H,4-14,17-20H2,1-3H3,(H,26,27)(H,28,29). The molecule has 0 fully saturated rings. The minimum atomic E-state index is -0.765. The molecule has 0 aromatic heterocycles. The molecule has 0 aliphatic heterocycles. The van der Waals surface area contributed by atoms with Crippen LogP contribution in [0.5, 0.6) is 0 Å². The monoisotopic (exact) mass is 472 g/mol. The zero-order valence-corrected chi connectivity index (χ0v) is 21.5. The van der Waals surface area contributed by atoms with Gasteiger partial charge < -0.3 is 10.2 Å². The summed E-state index contributed by atoms with van der Waals surface area (Å²) in [5.41, 5.74) is 0. The van der Waals surface area contributed by atoms with Gasteiger partial charge in [0, 0.05) is 29.8 Å². The van der Waals surface area contributed by atoms with Crippen LogP contribution < -0.4 is 0 Å². The fourth-order valence-electron chi connectivity index (χ4n) is 3.17. The molecular formula is C25H44O4S2.